The molecule has 11 nitrogen and oxygen atoms in total. The summed E-state index contributed by atoms with van der Waals surface area (Å²) in [5.41, 5.74) is 5.15. The second kappa shape index (κ2) is 12.7. The number of likely N-dealkylation sites (tertiary alicyclic amines) is 1. The van der Waals surface area contributed by atoms with Gasteiger partial charge in [0.15, 0.2) is 5.78 Å². The molecule has 248 valence electrons. The molecule has 5 N–H and O–H groups in total. The van der Waals surface area contributed by atoms with E-state index in [-0.39, 0.29) is 52.6 Å². The number of rotatable bonds is 12. The van der Waals surface area contributed by atoms with Crippen LogP contribution in [0.25, 0.3) is 0 Å². The summed E-state index contributed by atoms with van der Waals surface area (Å²) in [5.74, 6) is -2.51. The van der Waals surface area contributed by atoms with E-state index in [0.717, 1.165) is 89.9 Å². The molecule has 0 aromatic carbocycles. The fraction of sp³-hybridized carbons (Fsp3) is 0.824. The Bertz CT molecular complexity index is 1220. The molecule has 5 aliphatic carbocycles. The van der Waals surface area contributed by atoms with E-state index in [0.29, 0.717) is 6.54 Å². The van der Waals surface area contributed by atoms with Gasteiger partial charge in [-0.2, -0.15) is 0 Å². The number of carbonyl (C=O) groups excluding carboxylic acids is 6. The van der Waals surface area contributed by atoms with Crippen molar-refractivity contribution in [3.05, 3.63) is 0 Å². The Morgan fingerprint density at radius 2 is 1.22 bits per heavy atom. The summed E-state index contributed by atoms with van der Waals surface area (Å²) < 4.78 is 0. The number of hydrogen-bond donors (Lipinski definition) is 4. The molecule has 6 atom stereocenters. The lowest BCUT2D eigenvalue weighted by Gasteiger charge is -2.37. The van der Waals surface area contributed by atoms with Gasteiger partial charge in [0.2, 0.25) is 17.6 Å². The summed E-state index contributed by atoms with van der Waals surface area (Å²) in [6.45, 7) is 4.57. The van der Waals surface area contributed by atoms with Crippen molar-refractivity contribution in [2.24, 2.45) is 46.7 Å². The van der Waals surface area contributed by atoms with Gasteiger partial charge in [-0.1, -0.05) is 52.4 Å². The van der Waals surface area contributed by atoms with E-state index in [9.17, 15) is 28.8 Å². The second-order valence-electron chi connectivity index (χ2n) is 15.5. The fourth-order valence-electron chi connectivity index (χ4n) is 8.89. The first-order valence-electron chi connectivity index (χ1n) is 17.5. The van der Waals surface area contributed by atoms with Crippen molar-refractivity contribution in [1.82, 2.24) is 20.9 Å². The number of piperidine rings is 1. The van der Waals surface area contributed by atoms with Crippen LogP contribution in [0.2, 0.25) is 0 Å². The highest BCUT2D eigenvalue weighted by Gasteiger charge is 2.70. The maximum absolute atomic E-state index is 14.5. The van der Waals surface area contributed by atoms with Crippen LogP contribution in [0.5, 0.6) is 0 Å². The quantitative estimate of drug-likeness (QED) is 0.243. The van der Waals surface area contributed by atoms with Gasteiger partial charge in [-0.3, -0.25) is 24.0 Å². The number of nitrogens with zero attached hydrogens (tertiary/aromatic N) is 1. The highest BCUT2D eigenvalue weighted by Crippen LogP contribution is 2.65. The minimum absolute atomic E-state index is 0.0212. The Labute approximate surface area is 265 Å². The van der Waals surface area contributed by atoms with Gasteiger partial charge in [0.05, 0.1) is 6.04 Å². The van der Waals surface area contributed by atoms with Crippen molar-refractivity contribution < 1.29 is 28.8 Å². The molecule has 6 rings (SSSR count). The van der Waals surface area contributed by atoms with Crippen LogP contribution in [0, 0.1) is 40.9 Å². The highest BCUT2D eigenvalue weighted by molar-refractivity contribution is 6.38. The average molecular weight is 626 g/mol. The lowest BCUT2D eigenvalue weighted by molar-refractivity contribution is -0.144. The summed E-state index contributed by atoms with van der Waals surface area (Å²) in [5, 5.41) is 8.86. The number of nitrogens with one attached hydrogen (secondary N) is 3. The Balaban J connectivity index is 1.20. The van der Waals surface area contributed by atoms with Gasteiger partial charge in [-0.05, 0) is 86.4 Å². The first kappa shape index (κ1) is 32.0. The van der Waals surface area contributed by atoms with Crippen LogP contribution in [0.3, 0.4) is 0 Å². The summed E-state index contributed by atoms with van der Waals surface area (Å²) in [6.07, 6.45) is 12.9. The lowest BCUT2D eigenvalue weighted by Crippen LogP contribution is -2.61. The maximum atomic E-state index is 14.5. The third-order valence-electron chi connectivity index (χ3n) is 12.0. The van der Waals surface area contributed by atoms with Gasteiger partial charge >= 0.3 is 6.03 Å². The zero-order valence-corrected chi connectivity index (χ0v) is 26.9. The number of urea groups is 1. The van der Waals surface area contributed by atoms with E-state index in [2.05, 4.69) is 29.8 Å². The molecule has 6 fully saturated rings. The van der Waals surface area contributed by atoms with E-state index >= 15 is 0 Å². The average Bonchev–Trinajstić information content (AvgIpc) is 3.97. The molecule has 1 aliphatic heterocycles. The topological polar surface area (TPSA) is 168 Å². The van der Waals surface area contributed by atoms with Gasteiger partial charge in [-0.25, -0.2) is 4.79 Å². The zero-order valence-electron chi connectivity index (χ0n) is 26.9. The Hall–Kier alpha value is -2.98. The largest absolute Gasteiger partial charge is 0.363 e. The highest BCUT2D eigenvalue weighted by atomic mass is 16.2. The van der Waals surface area contributed by atoms with Crippen molar-refractivity contribution in [3.63, 3.8) is 0 Å². The summed E-state index contributed by atoms with van der Waals surface area (Å²) >= 11 is 0. The van der Waals surface area contributed by atoms with Crippen LogP contribution in [0.1, 0.15) is 104 Å². The van der Waals surface area contributed by atoms with Gasteiger partial charge in [0, 0.05) is 12.5 Å². The monoisotopic (exact) mass is 625 g/mol. The number of fused-ring (bicyclic) bond motifs is 1. The van der Waals surface area contributed by atoms with Gasteiger partial charge in [0.1, 0.15) is 18.1 Å². The third kappa shape index (κ3) is 6.64. The van der Waals surface area contributed by atoms with Crippen LogP contribution in [-0.4, -0.2) is 70.9 Å². The third-order valence-corrected chi connectivity index (χ3v) is 12.0. The molecule has 5 saturated carbocycles. The Kier molecular flexibility index (Phi) is 9.00. The molecule has 6 aliphatic rings. The minimum Gasteiger partial charge on any atom is -0.363 e. The van der Waals surface area contributed by atoms with E-state index in [4.69, 9.17) is 5.73 Å². The fourth-order valence-corrected chi connectivity index (χ4v) is 8.89. The minimum atomic E-state index is -1.07. The van der Waals surface area contributed by atoms with Crippen LogP contribution >= 0.6 is 0 Å². The summed E-state index contributed by atoms with van der Waals surface area (Å²) in [7, 11) is 0. The molecule has 0 aromatic rings. The predicted molar refractivity (Wildman–Crippen MR) is 165 cm³/mol. The lowest BCUT2D eigenvalue weighted by atomic mass is 9.81. The zero-order chi connectivity index (χ0) is 32.0. The smallest absolute Gasteiger partial charge is 0.316 e. The van der Waals surface area contributed by atoms with E-state index < -0.39 is 47.8 Å². The Morgan fingerprint density at radius 1 is 0.689 bits per heavy atom. The molecule has 0 bridgehead atoms. The van der Waals surface area contributed by atoms with E-state index in [1.807, 2.05) is 0 Å². The molecule has 0 aromatic heterocycles. The first-order chi connectivity index (χ1) is 21.5. The molecule has 11 heteroatoms. The molecule has 1 heterocycles. The number of primary amides is 1. The van der Waals surface area contributed by atoms with E-state index in [1.54, 1.807) is 4.90 Å². The summed E-state index contributed by atoms with van der Waals surface area (Å²) in [4.78, 5) is 81.3. The molecule has 1 unspecified atom stereocenters. The maximum Gasteiger partial charge on any atom is 0.316 e. The second-order valence-corrected chi connectivity index (χ2v) is 15.5. The van der Waals surface area contributed by atoms with Crippen molar-refractivity contribution >= 4 is 35.3 Å². The normalized spacial score (nSPS) is 29.9. The van der Waals surface area contributed by atoms with Crippen LogP contribution < -0.4 is 21.7 Å². The van der Waals surface area contributed by atoms with Crippen molar-refractivity contribution in [2.45, 2.75) is 128 Å². The van der Waals surface area contributed by atoms with Crippen LogP contribution in [-0.2, 0) is 24.0 Å². The predicted octanol–water partition coefficient (Wildman–Crippen LogP) is 2.59. The number of Topliss-reactive ketones (excluding diaryl/α,β-unsaturated/α-hetero) is 2. The van der Waals surface area contributed by atoms with Crippen LogP contribution in [0.15, 0.2) is 0 Å². The van der Waals surface area contributed by atoms with Crippen molar-refractivity contribution in [3.8, 4) is 0 Å². The van der Waals surface area contributed by atoms with Gasteiger partial charge < -0.3 is 26.6 Å². The summed E-state index contributed by atoms with van der Waals surface area (Å²) in [6, 6.07) is -3.64. The molecule has 5 amide bonds. The molecular weight excluding hydrogens is 574 g/mol. The van der Waals surface area contributed by atoms with Gasteiger partial charge in [-0.15, -0.1) is 0 Å². The molecule has 45 heavy (non-hydrogen) atoms. The standard InChI is InChI=1S/C34H51N5O6/c1-34(2)22-17-39(27(23(22)34)31(43)36-25(20-13-14-20)29(41)30(35)42)32(44)26(19-11-7-4-8-12-19)38-33(45)37-24(28(40)21-15-16-21)18-9-5-3-6-10-18/h18-27H,3-17H2,1-2H3,(H2,35,42)(H,36,43)(H2,37,38,45)/t22-,23-,24-,25?,26-,27-/m0/s1. The Morgan fingerprint density at radius 3 is 1.76 bits per heavy atom. The number of amides is 5. The van der Waals surface area contributed by atoms with Gasteiger partial charge in [0.25, 0.3) is 5.91 Å². The number of carbonyl (C=O) groups is 6. The van der Waals surface area contributed by atoms with Crippen molar-refractivity contribution in [2.75, 3.05) is 6.54 Å². The van der Waals surface area contributed by atoms with Crippen LogP contribution in [0.4, 0.5) is 4.79 Å². The molecule has 0 spiro atoms. The number of hydrogen-bond acceptors (Lipinski definition) is 6. The van der Waals surface area contributed by atoms with E-state index in [1.165, 1.54) is 0 Å². The number of ketones is 2. The number of nitrogens with two attached hydrogens (primary N) is 1. The molecular formula is C34H51N5O6. The SMILES string of the molecule is CC1(C)[C@@H]2[C@@H](C(=O)NC(C(=O)C(N)=O)C3CC3)N(C(=O)[C@@H](NC(=O)N[C@H](C(=O)C3CC3)C3CCCCC3)C3CCCCC3)C[C@@H]21. The molecule has 0 radical (unpaired) electrons. The first-order valence-corrected chi connectivity index (χ1v) is 17.5. The van der Waals surface area contributed by atoms with Crippen molar-refractivity contribution in [1.29, 1.82) is 0 Å². The molecule has 1 saturated heterocycles.